The van der Waals surface area contributed by atoms with Crippen LogP contribution in [-0.2, 0) is 27.1 Å². The van der Waals surface area contributed by atoms with Crippen molar-refractivity contribution < 1.29 is 13.2 Å². The van der Waals surface area contributed by atoms with Crippen LogP contribution in [0.1, 0.15) is 63.5 Å². The van der Waals surface area contributed by atoms with Crippen molar-refractivity contribution in [2.45, 2.75) is 70.7 Å². The smallest absolute Gasteiger partial charge is 0.220 e. The topological polar surface area (TPSA) is 75.3 Å². The fraction of sp³-hybridized carbons (Fsp3) is 0.632. The molecule has 0 radical (unpaired) electrons. The number of hydrogen-bond donors (Lipinski definition) is 2. The van der Waals surface area contributed by atoms with Gasteiger partial charge in [0.2, 0.25) is 15.9 Å². The molecule has 1 fully saturated rings. The van der Waals surface area contributed by atoms with Crippen LogP contribution in [0.25, 0.3) is 0 Å². The molecular formula is C19H30N2O3S. The minimum atomic E-state index is -3.31. The Morgan fingerprint density at radius 2 is 1.72 bits per heavy atom. The lowest BCUT2D eigenvalue weighted by Crippen LogP contribution is -2.31. The van der Waals surface area contributed by atoms with E-state index in [1.165, 1.54) is 25.7 Å². The quantitative estimate of drug-likeness (QED) is 0.705. The van der Waals surface area contributed by atoms with Gasteiger partial charge >= 0.3 is 0 Å². The lowest BCUT2D eigenvalue weighted by atomic mass is 10.0. The maximum Gasteiger partial charge on any atom is 0.220 e. The van der Waals surface area contributed by atoms with Crippen LogP contribution in [-0.4, -0.2) is 20.4 Å². The molecule has 0 atom stereocenters. The van der Waals surface area contributed by atoms with Crippen molar-refractivity contribution >= 4 is 15.9 Å². The minimum absolute atomic E-state index is 0.0286. The van der Waals surface area contributed by atoms with Crippen LogP contribution in [0, 0.1) is 5.92 Å². The fourth-order valence-electron chi connectivity index (χ4n) is 3.30. The average Bonchev–Trinajstić information content (AvgIpc) is 3.04. The van der Waals surface area contributed by atoms with Gasteiger partial charge in [-0.25, -0.2) is 13.1 Å². The molecule has 0 unspecified atom stereocenters. The number of carbonyl (C=O) groups is 1. The number of nitrogens with one attached hydrogen (secondary N) is 2. The first kappa shape index (κ1) is 19.9. The Morgan fingerprint density at radius 3 is 2.32 bits per heavy atom. The molecule has 1 amide bonds. The van der Waals surface area contributed by atoms with Gasteiger partial charge in [-0.3, -0.25) is 4.79 Å². The maximum absolute atomic E-state index is 11.9. The second-order valence-corrected chi connectivity index (χ2v) is 9.07. The van der Waals surface area contributed by atoms with E-state index in [1.807, 2.05) is 12.1 Å². The number of carbonyl (C=O) groups excluding carboxylic acids is 1. The fourth-order valence-corrected chi connectivity index (χ4v) is 4.73. The molecule has 0 spiro atoms. The molecule has 0 heterocycles. The van der Waals surface area contributed by atoms with E-state index in [2.05, 4.69) is 10.0 Å². The minimum Gasteiger partial charge on any atom is -0.352 e. The highest BCUT2D eigenvalue weighted by Gasteiger charge is 2.16. The molecule has 0 saturated heterocycles. The second kappa shape index (κ2) is 9.34. The Balaban J connectivity index is 1.75. The highest BCUT2D eigenvalue weighted by molar-refractivity contribution is 7.88. The van der Waals surface area contributed by atoms with Crippen molar-refractivity contribution in [1.82, 2.24) is 10.0 Å². The van der Waals surface area contributed by atoms with Gasteiger partial charge in [-0.1, -0.05) is 49.9 Å². The Morgan fingerprint density at radius 1 is 1.12 bits per heavy atom. The van der Waals surface area contributed by atoms with Gasteiger partial charge in [0, 0.05) is 19.0 Å². The first-order valence-corrected chi connectivity index (χ1v) is 10.8. The standard InChI is InChI=1S/C19H30N2O3S/c1-15(2)21-25(23,24)14-18-9-7-17(8-10-18)13-20-19(22)12-11-16-5-3-4-6-16/h7-10,15-16,21H,3-6,11-14H2,1-2H3,(H,20,22). The van der Waals surface area contributed by atoms with Gasteiger partial charge < -0.3 is 5.32 Å². The highest BCUT2D eigenvalue weighted by Crippen LogP contribution is 2.28. The van der Waals surface area contributed by atoms with Crippen molar-refractivity contribution in [3.05, 3.63) is 35.4 Å². The van der Waals surface area contributed by atoms with Gasteiger partial charge in [0.1, 0.15) is 0 Å². The highest BCUT2D eigenvalue weighted by atomic mass is 32.2. The lowest BCUT2D eigenvalue weighted by Gasteiger charge is -2.11. The van der Waals surface area contributed by atoms with E-state index in [0.717, 1.165) is 23.5 Å². The molecule has 0 bridgehead atoms. The van der Waals surface area contributed by atoms with E-state index >= 15 is 0 Å². The van der Waals surface area contributed by atoms with Crippen molar-refractivity contribution in [2.75, 3.05) is 0 Å². The summed E-state index contributed by atoms with van der Waals surface area (Å²) in [6.45, 7) is 4.09. The van der Waals surface area contributed by atoms with Gasteiger partial charge in [0.25, 0.3) is 0 Å². The van der Waals surface area contributed by atoms with E-state index in [9.17, 15) is 13.2 Å². The summed E-state index contributed by atoms with van der Waals surface area (Å²) >= 11 is 0. The largest absolute Gasteiger partial charge is 0.352 e. The van der Waals surface area contributed by atoms with Crippen molar-refractivity contribution in [3.8, 4) is 0 Å². The molecule has 1 aromatic carbocycles. The number of hydrogen-bond acceptors (Lipinski definition) is 3. The third-order valence-electron chi connectivity index (χ3n) is 4.54. The molecule has 140 valence electrons. The first-order chi connectivity index (χ1) is 11.8. The Hall–Kier alpha value is -1.40. The zero-order valence-corrected chi connectivity index (χ0v) is 16.1. The summed E-state index contributed by atoms with van der Waals surface area (Å²) in [6, 6.07) is 7.25. The Kier molecular flexibility index (Phi) is 7.44. The van der Waals surface area contributed by atoms with E-state index in [1.54, 1.807) is 26.0 Å². The zero-order chi connectivity index (χ0) is 18.3. The van der Waals surface area contributed by atoms with Gasteiger partial charge in [-0.15, -0.1) is 0 Å². The monoisotopic (exact) mass is 366 g/mol. The van der Waals surface area contributed by atoms with Crippen LogP contribution < -0.4 is 10.0 Å². The second-order valence-electron chi connectivity index (χ2n) is 7.31. The van der Waals surface area contributed by atoms with Gasteiger partial charge in [0.15, 0.2) is 0 Å². The lowest BCUT2D eigenvalue weighted by molar-refractivity contribution is -0.121. The van der Waals surface area contributed by atoms with Crippen LogP contribution >= 0.6 is 0 Å². The zero-order valence-electron chi connectivity index (χ0n) is 15.3. The molecule has 1 aliphatic rings. The Bertz CT molecular complexity index is 648. The van der Waals surface area contributed by atoms with Crippen molar-refractivity contribution in [2.24, 2.45) is 5.92 Å². The number of benzene rings is 1. The van der Waals surface area contributed by atoms with Crippen molar-refractivity contribution in [3.63, 3.8) is 0 Å². The van der Waals surface area contributed by atoms with Crippen LogP contribution in [0.3, 0.4) is 0 Å². The maximum atomic E-state index is 11.9. The summed E-state index contributed by atoms with van der Waals surface area (Å²) in [7, 11) is -3.31. The first-order valence-electron chi connectivity index (χ1n) is 9.18. The normalized spacial score (nSPS) is 15.6. The molecule has 1 aliphatic carbocycles. The van der Waals surface area contributed by atoms with Gasteiger partial charge in [0.05, 0.1) is 5.75 Å². The molecule has 1 aromatic rings. The van der Waals surface area contributed by atoms with E-state index in [4.69, 9.17) is 0 Å². The van der Waals surface area contributed by atoms with Crippen molar-refractivity contribution in [1.29, 1.82) is 0 Å². The van der Waals surface area contributed by atoms with Crippen LogP contribution in [0.4, 0.5) is 0 Å². The number of amides is 1. The molecule has 0 aliphatic heterocycles. The molecule has 2 rings (SSSR count). The predicted molar refractivity (Wildman–Crippen MR) is 100 cm³/mol. The third kappa shape index (κ3) is 7.57. The summed E-state index contributed by atoms with van der Waals surface area (Å²) in [5.74, 6) is 0.797. The number of rotatable bonds is 9. The summed E-state index contributed by atoms with van der Waals surface area (Å²) in [5.41, 5.74) is 1.72. The summed E-state index contributed by atoms with van der Waals surface area (Å²) in [4.78, 5) is 11.9. The summed E-state index contributed by atoms with van der Waals surface area (Å²) in [6.07, 6.45) is 6.74. The average molecular weight is 367 g/mol. The summed E-state index contributed by atoms with van der Waals surface area (Å²) < 4.78 is 26.4. The third-order valence-corrected chi connectivity index (χ3v) is 6.08. The van der Waals surface area contributed by atoms with E-state index in [-0.39, 0.29) is 17.7 Å². The van der Waals surface area contributed by atoms with Crippen LogP contribution in [0.15, 0.2) is 24.3 Å². The molecule has 5 nitrogen and oxygen atoms in total. The van der Waals surface area contributed by atoms with E-state index in [0.29, 0.717) is 13.0 Å². The van der Waals surface area contributed by atoms with E-state index < -0.39 is 10.0 Å². The summed E-state index contributed by atoms with van der Waals surface area (Å²) in [5, 5.41) is 2.95. The molecule has 0 aromatic heterocycles. The van der Waals surface area contributed by atoms with Crippen LogP contribution in [0.5, 0.6) is 0 Å². The van der Waals surface area contributed by atoms with Crippen LogP contribution in [0.2, 0.25) is 0 Å². The molecule has 2 N–H and O–H groups in total. The van der Waals surface area contributed by atoms with Gasteiger partial charge in [-0.2, -0.15) is 0 Å². The SMILES string of the molecule is CC(C)NS(=O)(=O)Cc1ccc(CNC(=O)CCC2CCCC2)cc1. The predicted octanol–water partition coefficient (Wildman–Crippen LogP) is 3.10. The molecule has 6 heteroatoms. The number of sulfonamides is 1. The molecular weight excluding hydrogens is 336 g/mol. The Labute approximate surface area is 151 Å². The molecule has 25 heavy (non-hydrogen) atoms. The molecule has 1 saturated carbocycles. The van der Waals surface area contributed by atoms with Gasteiger partial charge in [-0.05, 0) is 37.3 Å².